The van der Waals surface area contributed by atoms with Crippen LogP contribution >= 0.6 is 0 Å². The summed E-state index contributed by atoms with van der Waals surface area (Å²) in [6.07, 6.45) is 2.21. The van der Waals surface area contributed by atoms with Crippen molar-refractivity contribution in [3.63, 3.8) is 0 Å². The Bertz CT molecular complexity index is 1330. The summed E-state index contributed by atoms with van der Waals surface area (Å²) in [7, 11) is 1.81. The maximum absolute atomic E-state index is 13.3. The summed E-state index contributed by atoms with van der Waals surface area (Å²) in [5, 5.41) is 3.67. The number of fused-ring (bicyclic) bond motifs is 1. The number of hydrogen-bond acceptors (Lipinski definition) is 3. The molecule has 6 nitrogen and oxygen atoms in total. The van der Waals surface area contributed by atoms with E-state index in [1.807, 2.05) is 74.6 Å². The molecule has 1 aliphatic carbocycles. The number of para-hydroxylation sites is 2. The van der Waals surface area contributed by atoms with E-state index >= 15 is 0 Å². The fourth-order valence-electron chi connectivity index (χ4n) is 3.87. The maximum atomic E-state index is 13.3. The highest BCUT2D eigenvalue weighted by Gasteiger charge is 2.27. The number of benzene rings is 2. The third-order valence-corrected chi connectivity index (χ3v) is 5.77. The van der Waals surface area contributed by atoms with Gasteiger partial charge in [-0.3, -0.25) is 19.3 Å². The molecule has 150 valence electrons. The molecule has 0 bridgehead atoms. The largest absolute Gasteiger partial charge is 0.316 e. The molecule has 0 aliphatic heterocycles. The number of aromatic nitrogens is 3. The second-order valence-corrected chi connectivity index (χ2v) is 7.78. The first kappa shape index (κ1) is 18.4. The molecule has 1 aliphatic rings. The molecule has 5 rings (SSSR count). The van der Waals surface area contributed by atoms with Crippen LogP contribution < -0.4 is 10.9 Å². The number of hydrogen-bond donors (Lipinski definition) is 1. The first-order valence-electron chi connectivity index (χ1n) is 10.1. The van der Waals surface area contributed by atoms with Gasteiger partial charge < -0.3 is 5.32 Å². The highest BCUT2D eigenvalue weighted by Crippen LogP contribution is 2.40. The van der Waals surface area contributed by atoms with Gasteiger partial charge in [-0.2, -0.15) is 0 Å². The summed E-state index contributed by atoms with van der Waals surface area (Å²) in [6, 6.07) is 18.9. The third kappa shape index (κ3) is 3.01. The topological polar surface area (TPSA) is 68.9 Å². The highest BCUT2D eigenvalue weighted by molar-refractivity contribution is 6.12. The van der Waals surface area contributed by atoms with Gasteiger partial charge in [-0.15, -0.1) is 0 Å². The van der Waals surface area contributed by atoms with Crippen LogP contribution in [0.3, 0.4) is 0 Å². The third-order valence-electron chi connectivity index (χ3n) is 5.77. The Labute approximate surface area is 173 Å². The van der Waals surface area contributed by atoms with E-state index < -0.39 is 0 Å². The molecule has 1 saturated carbocycles. The van der Waals surface area contributed by atoms with E-state index in [2.05, 4.69) is 5.32 Å². The van der Waals surface area contributed by atoms with Crippen molar-refractivity contribution in [2.75, 3.05) is 5.32 Å². The Morgan fingerprint density at radius 3 is 2.50 bits per heavy atom. The van der Waals surface area contributed by atoms with E-state index in [1.165, 1.54) is 0 Å². The van der Waals surface area contributed by atoms with E-state index in [-0.39, 0.29) is 11.5 Å². The van der Waals surface area contributed by atoms with Gasteiger partial charge in [0.1, 0.15) is 5.69 Å². The monoisotopic (exact) mass is 398 g/mol. The quantitative estimate of drug-likeness (QED) is 0.561. The van der Waals surface area contributed by atoms with Crippen LogP contribution in [-0.2, 0) is 7.05 Å². The van der Waals surface area contributed by atoms with Crippen molar-refractivity contribution in [2.24, 2.45) is 7.05 Å². The average Bonchev–Trinajstić information content (AvgIpc) is 3.59. The lowest BCUT2D eigenvalue weighted by atomic mass is 10.1. The van der Waals surface area contributed by atoms with Crippen LogP contribution in [0.25, 0.3) is 16.6 Å². The number of nitrogens with one attached hydrogen (secondary N) is 1. The second kappa shape index (κ2) is 6.99. The molecule has 0 unspecified atom stereocenters. The van der Waals surface area contributed by atoms with E-state index in [9.17, 15) is 9.59 Å². The van der Waals surface area contributed by atoms with Crippen LogP contribution in [0.15, 0.2) is 65.5 Å². The number of nitrogens with zero attached hydrogens (tertiary/aromatic N) is 3. The van der Waals surface area contributed by atoms with Gasteiger partial charge in [0.25, 0.3) is 11.5 Å². The van der Waals surface area contributed by atoms with E-state index in [0.717, 1.165) is 35.1 Å². The molecule has 2 aromatic heterocycles. The summed E-state index contributed by atoms with van der Waals surface area (Å²) in [4.78, 5) is 31.2. The van der Waals surface area contributed by atoms with Crippen molar-refractivity contribution in [3.05, 3.63) is 88.0 Å². The van der Waals surface area contributed by atoms with Gasteiger partial charge >= 0.3 is 0 Å². The molecule has 2 aromatic carbocycles. The van der Waals surface area contributed by atoms with Crippen molar-refractivity contribution in [1.29, 1.82) is 0 Å². The van der Waals surface area contributed by atoms with E-state index in [0.29, 0.717) is 22.9 Å². The number of carbonyl (C=O) groups excluding carboxylic acids is 1. The zero-order valence-corrected chi connectivity index (χ0v) is 16.9. The Balaban J connectivity index is 1.58. The van der Waals surface area contributed by atoms with Crippen LogP contribution in [0.4, 0.5) is 5.69 Å². The van der Waals surface area contributed by atoms with Crippen LogP contribution in [-0.4, -0.2) is 20.3 Å². The van der Waals surface area contributed by atoms with Crippen molar-refractivity contribution in [3.8, 4) is 5.69 Å². The van der Waals surface area contributed by atoms with Crippen molar-refractivity contribution in [2.45, 2.75) is 25.7 Å². The first-order chi connectivity index (χ1) is 14.5. The second-order valence-electron chi connectivity index (χ2n) is 7.78. The average molecular weight is 398 g/mol. The van der Waals surface area contributed by atoms with Crippen LogP contribution in [0.2, 0.25) is 0 Å². The fraction of sp³-hybridized carbons (Fsp3) is 0.208. The predicted octanol–water partition coefficient (Wildman–Crippen LogP) is 4.16. The standard InChI is InChI=1S/C24H22N4O2/c1-15-22(24(30)28(27(15)2)17-8-4-3-5-9-17)26-23(29)19-14-21(16-12-13-16)25-20-11-7-6-10-18(19)20/h3-11,14,16H,12-13H2,1-2H3,(H,26,29). The number of anilines is 1. The number of carbonyl (C=O) groups is 1. The zero-order chi connectivity index (χ0) is 20.8. The maximum Gasteiger partial charge on any atom is 0.295 e. The van der Waals surface area contributed by atoms with Crippen LogP contribution in [0.5, 0.6) is 0 Å². The zero-order valence-electron chi connectivity index (χ0n) is 16.9. The molecule has 0 atom stereocenters. The molecule has 1 amide bonds. The Morgan fingerprint density at radius 2 is 1.77 bits per heavy atom. The molecule has 30 heavy (non-hydrogen) atoms. The normalized spacial score (nSPS) is 13.5. The number of pyridine rings is 1. The lowest BCUT2D eigenvalue weighted by Crippen LogP contribution is -2.23. The van der Waals surface area contributed by atoms with Crippen molar-refractivity contribution >= 4 is 22.5 Å². The molecular weight excluding hydrogens is 376 g/mol. The van der Waals surface area contributed by atoms with Gasteiger partial charge in [-0.25, -0.2) is 4.68 Å². The molecule has 0 spiro atoms. The van der Waals surface area contributed by atoms with Gasteiger partial charge in [0.05, 0.1) is 22.5 Å². The molecule has 0 radical (unpaired) electrons. The highest BCUT2D eigenvalue weighted by atomic mass is 16.2. The van der Waals surface area contributed by atoms with Crippen molar-refractivity contribution in [1.82, 2.24) is 14.3 Å². The Kier molecular flexibility index (Phi) is 4.28. The minimum Gasteiger partial charge on any atom is -0.316 e. The molecular formula is C24H22N4O2. The van der Waals surface area contributed by atoms with Gasteiger partial charge in [0, 0.05) is 24.0 Å². The summed E-state index contributed by atoms with van der Waals surface area (Å²) >= 11 is 0. The van der Waals surface area contributed by atoms with E-state index in [4.69, 9.17) is 4.98 Å². The molecule has 2 heterocycles. The smallest absolute Gasteiger partial charge is 0.295 e. The molecule has 4 aromatic rings. The lowest BCUT2D eigenvalue weighted by Gasteiger charge is -2.09. The summed E-state index contributed by atoms with van der Waals surface area (Å²) in [6.45, 7) is 1.83. The minimum absolute atomic E-state index is 0.254. The summed E-state index contributed by atoms with van der Waals surface area (Å²) < 4.78 is 3.32. The number of amides is 1. The number of rotatable bonds is 4. The summed E-state index contributed by atoms with van der Waals surface area (Å²) in [5.41, 5.74) is 3.78. The van der Waals surface area contributed by atoms with E-state index in [1.54, 1.807) is 9.36 Å². The SMILES string of the molecule is Cc1c(NC(=O)c2cc(C3CC3)nc3ccccc23)c(=O)n(-c2ccccc2)n1C. The van der Waals surface area contributed by atoms with Gasteiger partial charge in [0.15, 0.2) is 0 Å². The Hall–Kier alpha value is -3.67. The molecule has 6 heteroatoms. The summed E-state index contributed by atoms with van der Waals surface area (Å²) in [5.74, 6) is 0.136. The van der Waals surface area contributed by atoms with Crippen LogP contribution in [0, 0.1) is 6.92 Å². The molecule has 1 N–H and O–H groups in total. The van der Waals surface area contributed by atoms with Crippen LogP contribution in [0.1, 0.15) is 40.5 Å². The predicted molar refractivity (Wildman–Crippen MR) is 117 cm³/mol. The van der Waals surface area contributed by atoms with Crippen molar-refractivity contribution < 1.29 is 4.79 Å². The minimum atomic E-state index is -0.290. The Morgan fingerprint density at radius 1 is 1.07 bits per heavy atom. The molecule has 0 saturated heterocycles. The van der Waals surface area contributed by atoms with Gasteiger partial charge in [-0.05, 0) is 44.0 Å². The molecule has 1 fully saturated rings. The lowest BCUT2D eigenvalue weighted by molar-refractivity contribution is 0.102. The fourth-order valence-corrected chi connectivity index (χ4v) is 3.87. The van der Waals surface area contributed by atoms with Gasteiger partial charge in [-0.1, -0.05) is 36.4 Å². The van der Waals surface area contributed by atoms with Gasteiger partial charge in [0.2, 0.25) is 0 Å². The first-order valence-corrected chi connectivity index (χ1v) is 10.1.